The summed E-state index contributed by atoms with van der Waals surface area (Å²) in [5, 5.41) is 2.69. The highest BCUT2D eigenvalue weighted by molar-refractivity contribution is 6.08. The Morgan fingerprint density at radius 2 is 1.58 bits per heavy atom. The van der Waals surface area contributed by atoms with Crippen molar-refractivity contribution < 1.29 is 14.3 Å². The Balaban J connectivity index is 1.84. The number of ether oxygens (including phenoxy) is 1. The van der Waals surface area contributed by atoms with Crippen LogP contribution >= 0.6 is 0 Å². The molecular weight excluding hydrogens is 304 g/mol. The summed E-state index contributed by atoms with van der Waals surface area (Å²) in [5.41, 5.74) is 2.19. The highest BCUT2D eigenvalue weighted by atomic mass is 16.5. The van der Waals surface area contributed by atoms with E-state index in [0.29, 0.717) is 30.8 Å². The fourth-order valence-corrected chi connectivity index (χ4v) is 2.08. The van der Waals surface area contributed by atoms with E-state index >= 15 is 0 Å². The van der Waals surface area contributed by atoms with Crippen molar-refractivity contribution >= 4 is 11.9 Å². The monoisotopic (exact) mass is 326 g/mol. The van der Waals surface area contributed by atoms with Crippen molar-refractivity contribution in [2.45, 2.75) is 6.54 Å². The number of amides is 1. The predicted molar refractivity (Wildman–Crippen MR) is 93.1 cm³/mol. The van der Waals surface area contributed by atoms with Gasteiger partial charge in [0, 0.05) is 24.2 Å². The minimum atomic E-state index is -0.443. The van der Waals surface area contributed by atoms with Crippen molar-refractivity contribution in [3.05, 3.63) is 71.3 Å². The van der Waals surface area contributed by atoms with Crippen LogP contribution in [0.15, 0.2) is 54.6 Å². The maximum absolute atomic E-state index is 12.3. The summed E-state index contributed by atoms with van der Waals surface area (Å²) in [6.45, 7) is 1.40. The first-order chi connectivity index (χ1) is 11.6. The third-order valence-corrected chi connectivity index (χ3v) is 3.46. The van der Waals surface area contributed by atoms with Gasteiger partial charge in [-0.1, -0.05) is 54.6 Å². The number of carbonyl (C=O) groups is 2. The molecule has 0 fully saturated rings. The Morgan fingerprint density at radius 3 is 2.21 bits per heavy atom. The molecule has 2 aromatic carbocycles. The van der Waals surface area contributed by atoms with Gasteiger partial charge in [0.1, 0.15) is 6.61 Å². The van der Waals surface area contributed by atoms with Crippen molar-refractivity contribution in [1.82, 2.24) is 10.2 Å². The normalized spacial score (nSPS) is 10.5. The molecular formula is C19H22N2O3. The Morgan fingerprint density at radius 1 is 0.958 bits per heavy atom. The van der Waals surface area contributed by atoms with E-state index in [0.717, 1.165) is 5.56 Å². The first-order valence-corrected chi connectivity index (χ1v) is 7.80. The van der Waals surface area contributed by atoms with Gasteiger partial charge in [0.05, 0.1) is 0 Å². The zero-order valence-corrected chi connectivity index (χ0v) is 14.0. The molecule has 0 bridgehead atoms. The van der Waals surface area contributed by atoms with Gasteiger partial charge in [-0.05, 0) is 19.7 Å². The lowest BCUT2D eigenvalue weighted by atomic mass is 10.0. The molecule has 0 spiro atoms. The van der Waals surface area contributed by atoms with Gasteiger partial charge in [-0.15, -0.1) is 0 Å². The van der Waals surface area contributed by atoms with Crippen molar-refractivity contribution in [3.8, 4) is 0 Å². The topological polar surface area (TPSA) is 58.6 Å². The van der Waals surface area contributed by atoms with Crippen LogP contribution in [0.25, 0.3) is 0 Å². The summed E-state index contributed by atoms with van der Waals surface area (Å²) in [5.74, 6) is -0.0156. The van der Waals surface area contributed by atoms with Crippen LogP contribution < -0.4 is 5.32 Å². The number of carbonyl (C=O) groups excluding carboxylic acids is 2. The highest BCUT2D eigenvalue weighted by Crippen LogP contribution is 2.11. The zero-order valence-electron chi connectivity index (χ0n) is 14.0. The van der Waals surface area contributed by atoms with E-state index in [9.17, 15) is 9.59 Å². The van der Waals surface area contributed by atoms with E-state index in [1.54, 1.807) is 24.3 Å². The molecule has 0 radical (unpaired) electrons. The molecule has 126 valence electrons. The van der Waals surface area contributed by atoms with Crippen molar-refractivity contribution in [2.75, 3.05) is 27.2 Å². The number of likely N-dealkylation sites (N-methyl/N-ethyl adjacent to an activating group) is 1. The Hall–Kier alpha value is -2.66. The molecule has 0 aliphatic rings. The average molecular weight is 326 g/mol. The first kappa shape index (κ1) is 17.7. The van der Waals surface area contributed by atoms with Crippen LogP contribution in [-0.2, 0) is 11.3 Å². The van der Waals surface area contributed by atoms with Gasteiger partial charge < -0.3 is 15.0 Å². The molecule has 1 amide bonds. The summed E-state index contributed by atoms with van der Waals surface area (Å²) < 4.78 is 5.05. The second-order valence-corrected chi connectivity index (χ2v) is 5.68. The Kier molecular flexibility index (Phi) is 6.51. The smallest absolute Gasteiger partial charge is 0.407 e. The molecule has 0 aliphatic carbocycles. The zero-order chi connectivity index (χ0) is 17.4. The van der Waals surface area contributed by atoms with E-state index in [1.165, 1.54) is 0 Å². The molecule has 2 aromatic rings. The minimum absolute atomic E-state index is 0.0156. The molecule has 0 aliphatic heterocycles. The maximum atomic E-state index is 12.3. The van der Waals surface area contributed by atoms with Gasteiger partial charge in [-0.2, -0.15) is 0 Å². The molecule has 5 nitrogen and oxygen atoms in total. The van der Waals surface area contributed by atoms with Crippen LogP contribution in [0.5, 0.6) is 0 Å². The highest BCUT2D eigenvalue weighted by Gasteiger charge is 2.08. The number of hydrogen-bond acceptors (Lipinski definition) is 4. The SMILES string of the molecule is CN(C)CCOC(=O)NCc1ccc(C(=O)c2ccccc2)cc1. The third-order valence-electron chi connectivity index (χ3n) is 3.46. The van der Waals surface area contributed by atoms with Gasteiger partial charge in [-0.25, -0.2) is 4.79 Å². The molecule has 0 aromatic heterocycles. The van der Waals surface area contributed by atoms with Gasteiger partial charge in [-0.3, -0.25) is 4.79 Å². The number of nitrogens with zero attached hydrogens (tertiary/aromatic N) is 1. The summed E-state index contributed by atoms with van der Waals surface area (Å²) in [6.07, 6.45) is -0.443. The molecule has 5 heteroatoms. The quantitative estimate of drug-likeness (QED) is 0.795. The van der Waals surface area contributed by atoms with Crippen LogP contribution in [0.1, 0.15) is 21.5 Å². The van der Waals surface area contributed by atoms with Crippen LogP contribution in [0.3, 0.4) is 0 Å². The van der Waals surface area contributed by atoms with E-state index in [1.807, 2.05) is 49.3 Å². The van der Waals surface area contributed by atoms with E-state index in [4.69, 9.17) is 4.74 Å². The molecule has 0 saturated carbocycles. The molecule has 2 rings (SSSR count). The van der Waals surface area contributed by atoms with E-state index in [2.05, 4.69) is 5.32 Å². The average Bonchev–Trinajstić information content (AvgIpc) is 2.60. The molecule has 0 heterocycles. The van der Waals surface area contributed by atoms with Crippen LogP contribution in [0.2, 0.25) is 0 Å². The maximum Gasteiger partial charge on any atom is 0.407 e. The lowest BCUT2D eigenvalue weighted by Gasteiger charge is -2.11. The van der Waals surface area contributed by atoms with Gasteiger partial charge in [0.15, 0.2) is 5.78 Å². The van der Waals surface area contributed by atoms with Crippen LogP contribution in [0, 0.1) is 0 Å². The largest absolute Gasteiger partial charge is 0.448 e. The number of alkyl carbamates (subject to hydrolysis) is 1. The number of ketones is 1. The van der Waals surface area contributed by atoms with Crippen molar-refractivity contribution in [2.24, 2.45) is 0 Å². The van der Waals surface area contributed by atoms with Gasteiger partial charge >= 0.3 is 6.09 Å². The van der Waals surface area contributed by atoms with Gasteiger partial charge in [0.2, 0.25) is 0 Å². The molecule has 1 N–H and O–H groups in total. The predicted octanol–water partition coefficient (Wildman–Crippen LogP) is 2.71. The fraction of sp³-hybridized carbons (Fsp3) is 0.263. The van der Waals surface area contributed by atoms with Gasteiger partial charge in [0.25, 0.3) is 0 Å². The molecule has 24 heavy (non-hydrogen) atoms. The lowest BCUT2D eigenvalue weighted by molar-refractivity contribution is 0.103. The lowest BCUT2D eigenvalue weighted by Crippen LogP contribution is -2.27. The second kappa shape index (κ2) is 8.84. The number of nitrogens with one attached hydrogen (secondary N) is 1. The van der Waals surface area contributed by atoms with Crippen LogP contribution in [-0.4, -0.2) is 44.0 Å². The first-order valence-electron chi connectivity index (χ1n) is 7.80. The molecule has 0 atom stereocenters. The number of rotatable bonds is 7. The van der Waals surface area contributed by atoms with Crippen molar-refractivity contribution in [3.63, 3.8) is 0 Å². The Labute approximate surface area is 142 Å². The molecule has 0 unspecified atom stereocenters. The number of benzene rings is 2. The minimum Gasteiger partial charge on any atom is -0.448 e. The standard InChI is InChI=1S/C19H22N2O3/c1-21(2)12-13-24-19(23)20-14-15-8-10-17(11-9-15)18(22)16-6-4-3-5-7-16/h3-11H,12-14H2,1-2H3,(H,20,23). The molecule has 0 saturated heterocycles. The van der Waals surface area contributed by atoms with Crippen molar-refractivity contribution in [1.29, 1.82) is 0 Å². The Bertz CT molecular complexity index is 667. The summed E-state index contributed by atoms with van der Waals surface area (Å²) in [4.78, 5) is 25.8. The fourth-order valence-electron chi connectivity index (χ4n) is 2.08. The summed E-state index contributed by atoms with van der Waals surface area (Å²) >= 11 is 0. The third kappa shape index (κ3) is 5.52. The number of hydrogen-bond donors (Lipinski definition) is 1. The summed E-state index contributed by atoms with van der Waals surface area (Å²) in [7, 11) is 3.83. The second-order valence-electron chi connectivity index (χ2n) is 5.68. The van der Waals surface area contributed by atoms with E-state index < -0.39 is 6.09 Å². The summed E-state index contributed by atoms with van der Waals surface area (Å²) in [6, 6.07) is 16.3. The van der Waals surface area contributed by atoms with Crippen LogP contribution in [0.4, 0.5) is 4.79 Å². The van der Waals surface area contributed by atoms with E-state index in [-0.39, 0.29) is 5.78 Å².